The summed E-state index contributed by atoms with van der Waals surface area (Å²) < 4.78 is 57.1. The fraction of sp³-hybridized carbons (Fsp3) is 0.515. The molecule has 278 valence electrons. The average Bonchev–Trinajstić information content (AvgIpc) is 3.05. The van der Waals surface area contributed by atoms with Crippen LogP contribution >= 0.6 is 0 Å². The van der Waals surface area contributed by atoms with Crippen molar-refractivity contribution in [3.05, 3.63) is 52.1 Å². The van der Waals surface area contributed by atoms with Crippen molar-refractivity contribution in [1.82, 2.24) is 25.3 Å². The van der Waals surface area contributed by atoms with Crippen LogP contribution in [0.15, 0.2) is 35.3 Å². The molecule has 0 radical (unpaired) electrons. The van der Waals surface area contributed by atoms with Crippen LogP contribution in [0.25, 0.3) is 11.2 Å². The second-order valence-corrected chi connectivity index (χ2v) is 12.4. The van der Waals surface area contributed by atoms with Gasteiger partial charge in [-0.3, -0.25) is 29.1 Å². The molecule has 2 amide bonds. The fourth-order valence-corrected chi connectivity index (χ4v) is 4.57. The molecule has 0 fully saturated rings. The van der Waals surface area contributed by atoms with Gasteiger partial charge in [0.15, 0.2) is 11.2 Å². The number of nitrogens with two attached hydrogens (primary N) is 1. The number of alkyl halides is 3. The number of carbonyl (C=O) groups excluding carboxylic acids is 4. The molecule has 51 heavy (non-hydrogen) atoms. The maximum Gasteiger partial charge on any atom is 0.471 e. The second kappa shape index (κ2) is 18.3. The van der Waals surface area contributed by atoms with Crippen molar-refractivity contribution in [1.29, 1.82) is 0 Å². The van der Waals surface area contributed by atoms with Gasteiger partial charge < -0.3 is 25.3 Å². The zero-order chi connectivity index (χ0) is 37.8. The fourth-order valence-electron chi connectivity index (χ4n) is 4.57. The average molecular weight is 722 g/mol. The molecule has 4 N–H and O–H groups in total. The maximum absolute atomic E-state index is 13.6. The summed E-state index contributed by atoms with van der Waals surface area (Å²) in [6.07, 6.45) is -2.77. The third-order valence-corrected chi connectivity index (χ3v) is 6.91. The first kappa shape index (κ1) is 40.5. The van der Waals surface area contributed by atoms with Gasteiger partial charge in [-0.05, 0) is 64.3 Å². The van der Waals surface area contributed by atoms with E-state index >= 15 is 0 Å². The lowest BCUT2D eigenvalue weighted by molar-refractivity contribution is -0.170. The molecule has 18 heteroatoms. The molecule has 2 aromatic heterocycles. The van der Waals surface area contributed by atoms with E-state index in [9.17, 15) is 37.1 Å². The van der Waals surface area contributed by atoms with E-state index in [0.29, 0.717) is 37.7 Å². The van der Waals surface area contributed by atoms with Gasteiger partial charge in [-0.25, -0.2) is 14.8 Å². The third kappa shape index (κ3) is 13.0. The molecule has 0 bridgehead atoms. The number of benzene rings is 1. The normalized spacial score (nSPS) is 12.4. The largest absolute Gasteiger partial charge is 0.471 e. The van der Waals surface area contributed by atoms with Crippen LogP contribution in [0.3, 0.4) is 0 Å². The predicted molar refractivity (Wildman–Crippen MR) is 179 cm³/mol. The van der Waals surface area contributed by atoms with E-state index in [1.807, 2.05) is 6.92 Å². The topological polar surface area (TPSA) is 209 Å². The van der Waals surface area contributed by atoms with E-state index in [1.165, 1.54) is 0 Å². The Hall–Kier alpha value is -4.97. The number of hydrogen-bond acceptors (Lipinski definition) is 12. The summed E-state index contributed by atoms with van der Waals surface area (Å²) in [5.74, 6) is -4.18. The summed E-state index contributed by atoms with van der Waals surface area (Å²) in [5.41, 5.74) is 2.88. The number of nitrogen functional groups attached to an aromatic ring is 1. The zero-order valence-electron chi connectivity index (χ0n) is 28.8. The van der Waals surface area contributed by atoms with Gasteiger partial charge in [0.05, 0.1) is 31.6 Å². The number of ketones is 1. The summed E-state index contributed by atoms with van der Waals surface area (Å²) in [6, 6.07) is 3.32. The Bertz CT molecular complexity index is 1730. The minimum atomic E-state index is -5.29. The van der Waals surface area contributed by atoms with Crippen molar-refractivity contribution in [2.24, 2.45) is 0 Å². The molecule has 0 saturated heterocycles. The number of nitrogens with one attached hydrogen (secondary N) is 2. The molecule has 2 heterocycles. The number of ether oxygens (including phenoxy) is 3. The van der Waals surface area contributed by atoms with E-state index < -0.39 is 47.7 Å². The number of aromatic nitrogens is 4. The van der Waals surface area contributed by atoms with Crippen LogP contribution in [0.5, 0.6) is 0 Å². The van der Waals surface area contributed by atoms with Crippen molar-refractivity contribution in [3.63, 3.8) is 0 Å². The Morgan fingerprint density at radius 1 is 0.980 bits per heavy atom. The number of anilines is 2. The molecule has 15 nitrogen and oxygen atoms in total. The standard InChI is InChI=1S/C33H42F3N7O8/c1-5-14-49-16-17-50-15-6-7-23(44)12-13-24(29(47)51-32(2,3)4)40-27(45)20-8-10-22(11-9-20)43(30(48)33(34,35)36)19-21-18-38-26-25(39-21)28(46)42-31(37)41-26/h8-11,18,24H,5-7,12-17,19H2,1-4H3,(H,40,45)(H3,37,38,41,42,46)/t24-/m0/s1. The van der Waals surface area contributed by atoms with Crippen LogP contribution in [0.2, 0.25) is 0 Å². The van der Waals surface area contributed by atoms with Crippen LogP contribution in [-0.2, 0) is 35.1 Å². The van der Waals surface area contributed by atoms with Crippen LogP contribution in [-0.4, -0.2) is 87.7 Å². The lowest BCUT2D eigenvalue weighted by Crippen LogP contribution is -2.44. The van der Waals surface area contributed by atoms with Crippen molar-refractivity contribution in [2.75, 3.05) is 37.1 Å². The Labute approximate surface area is 291 Å². The highest BCUT2D eigenvalue weighted by Gasteiger charge is 2.43. The Balaban J connectivity index is 1.71. The van der Waals surface area contributed by atoms with Gasteiger partial charge in [0.25, 0.3) is 11.5 Å². The Morgan fingerprint density at radius 3 is 2.27 bits per heavy atom. The molecule has 0 spiro atoms. The highest BCUT2D eigenvalue weighted by molar-refractivity contribution is 5.99. The maximum atomic E-state index is 13.6. The van der Waals surface area contributed by atoms with Gasteiger partial charge >= 0.3 is 18.1 Å². The van der Waals surface area contributed by atoms with E-state index in [4.69, 9.17) is 19.9 Å². The van der Waals surface area contributed by atoms with Gasteiger partial charge in [-0.1, -0.05) is 6.92 Å². The molecule has 1 aromatic carbocycles. The zero-order valence-corrected chi connectivity index (χ0v) is 28.8. The van der Waals surface area contributed by atoms with E-state index in [-0.39, 0.29) is 59.1 Å². The number of nitrogens with zero attached hydrogens (tertiary/aromatic N) is 4. The molecule has 3 aromatic rings. The third-order valence-electron chi connectivity index (χ3n) is 6.91. The van der Waals surface area contributed by atoms with Crippen molar-refractivity contribution in [2.45, 2.75) is 84.2 Å². The summed E-state index contributed by atoms with van der Waals surface area (Å²) in [4.78, 5) is 77.7. The Morgan fingerprint density at radius 2 is 1.65 bits per heavy atom. The number of aromatic amines is 1. The molecule has 0 aliphatic rings. The van der Waals surface area contributed by atoms with Gasteiger partial charge in [-0.15, -0.1) is 0 Å². The first-order valence-corrected chi connectivity index (χ1v) is 16.2. The smallest absolute Gasteiger partial charge is 0.458 e. The summed E-state index contributed by atoms with van der Waals surface area (Å²) in [5, 5.41) is 2.54. The van der Waals surface area contributed by atoms with Crippen molar-refractivity contribution < 1.29 is 46.6 Å². The quantitative estimate of drug-likeness (QED) is 0.128. The van der Waals surface area contributed by atoms with Crippen LogP contribution < -0.4 is 21.5 Å². The highest BCUT2D eigenvalue weighted by Crippen LogP contribution is 2.26. The molecule has 0 aliphatic heterocycles. The lowest BCUT2D eigenvalue weighted by atomic mass is 10.0. The minimum Gasteiger partial charge on any atom is -0.458 e. The molecule has 0 unspecified atom stereocenters. The van der Waals surface area contributed by atoms with Crippen LogP contribution in [0.4, 0.5) is 24.8 Å². The number of fused-ring (bicyclic) bond motifs is 1. The number of esters is 1. The minimum absolute atomic E-state index is 0.0375. The van der Waals surface area contributed by atoms with Gasteiger partial charge in [-0.2, -0.15) is 18.2 Å². The van der Waals surface area contributed by atoms with E-state index in [1.54, 1.807) is 20.8 Å². The number of Topliss-reactive ketones (excluding diaryl/α,β-unsaturated/α-hetero) is 1. The van der Waals surface area contributed by atoms with Gasteiger partial charge in [0.1, 0.15) is 17.4 Å². The summed E-state index contributed by atoms with van der Waals surface area (Å²) in [6.45, 7) is 8.06. The molecular weight excluding hydrogens is 679 g/mol. The number of carbonyl (C=O) groups is 4. The Kier molecular flexibility index (Phi) is 14.5. The number of hydrogen-bond donors (Lipinski definition) is 3. The summed E-state index contributed by atoms with van der Waals surface area (Å²) >= 11 is 0. The highest BCUT2D eigenvalue weighted by atomic mass is 19.4. The number of halogens is 3. The second-order valence-electron chi connectivity index (χ2n) is 12.4. The first-order chi connectivity index (χ1) is 24.0. The lowest BCUT2D eigenvalue weighted by Gasteiger charge is -2.25. The molecule has 0 aliphatic carbocycles. The van der Waals surface area contributed by atoms with E-state index in [2.05, 4.69) is 25.3 Å². The molecular formula is C33H42F3N7O8. The number of amides is 2. The number of H-pyrrole nitrogens is 1. The first-order valence-electron chi connectivity index (χ1n) is 16.2. The monoisotopic (exact) mass is 721 g/mol. The number of rotatable bonds is 18. The summed E-state index contributed by atoms with van der Waals surface area (Å²) in [7, 11) is 0. The van der Waals surface area contributed by atoms with Crippen LogP contribution in [0.1, 0.15) is 75.9 Å². The van der Waals surface area contributed by atoms with Crippen molar-refractivity contribution >= 4 is 46.4 Å². The van der Waals surface area contributed by atoms with E-state index in [0.717, 1.165) is 36.9 Å². The van der Waals surface area contributed by atoms with Crippen LogP contribution in [0, 0.1) is 0 Å². The molecule has 1 atom stereocenters. The van der Waals surface area contributed by atoms with Gasteiger partial charge in [0.2, 0.25) is 5.95 Å². The SMILES string of the molecule is CCCOCCOCCCC(=O)CC[C@H](NC(=O)c1ccc(N(Cc2cnc3nc(N)[nH]c(=O)c3n2)C(=O)C(F)(F)F)cc1)C(=O)OC(C)(C)C. The molecule has 3 rings (SSSR count). The predicted octanol–water partition coefficient (Wildman–Crippen LogP) is 3.40. The van der Waals surface area contributed by atoms with Crippen molar-refractivity contribution in [3.8, 4) is 0 Å². The van der Waals surface area contributed by atoms with Gasteiger partial charge in [0, 0.05) is 37.3 Å². The molecule has 0 saturated carbocycles.